The van der Waals surface area contributed by atoms with Gasteiger partial charge in [-0.15, -0.1) is 0 Å². The van der Waals surface area contributed by atoms with E-state index in [2.05, 4.69) is 5.32 Å². The van der Waals surface area contributed by atoms with Crippen LogP contribution < -0.4 is 9.62 Å². The lowest BCUT2D eigenvalue weighted by Crippen LogP contribution is -2.53. The normalized spacial score (nSPS) is 15.3. The Morgan fingerprint density at radius 1 is 1.08 bits per heavy atom. The highest BCUT2D eigenvalue weighted by atomic mass is 35.5. The van der Waals surface area contributed by atoms with Gasteiger partial charge in [0.05, 0.1) is 5.69 Å². The Labute approximate surface area is 223 Å². The van der Waals surface area contributed by atoms with Crippen molar-refractivity contribution >= 4 is 39.3 Å². The van der Waals surface area contributed by atoms with E-state index in [1.165, 1.54) is 37.2 Å². The van der Waals surface area contributed by atoms with Gasteiger partial charge in [0, 0.05) is 31.7 Å². The summed E-state index contributed by atoms with van der Waals surface area (Å²) in [5.41, 5.74) is 0.414. The zero-order valence-electron chi connectivity index (χ0n) is 21.4. The number of anilines is 1. The summed E-state index contributed by atoms with van der Waals surface area (Å²) in [6, 6.07) is 11.4. The van der Waals surface area contributed by atoms with Gasteiger partial charge in [-0.2, -0.15) is 12.7 Å². The molecule has 37 heavy (non-hydrogen) atoms. The highest BCUT2D eigenvalue weighted by Crippen LogP contribution is 2.24. The SMILES string of the molecule is C[C@H](C(=O)NC1CCCCC1)N(Cc1cccc(Cl)c1)C(=O)CN(c1ccccc1F)S(=O)(=O)N(C)C. The Bertz CT molecular complexity index is 1200. The Balaban J connectivity index is 1.93. The molecule has 2 aromatic rings. The Hall–Kier alpha value is -2.69. The molecule has 0 spiro atoms. The molecule has 0 radical (unpaired) electrons. The molecule has 0 aliphatic heterocycles. The minimum Gasteiger partial charge on any atom is -0.352 e. The topological polar surface area (TPSA) is 90.0 Å². The molecule has 1 saturated carbocycles. The molecule has 1 aliphatic rings. The van der Waals surface area contributed by atoms with Gasteiger partial charge in [0.15, 0.2) is 0 Å². The molecule has 1 atom stereocenters. The van der Waals surface area contributed by atoms with Gasteiger partial charge in [0.2, 0.25) is 11.8 Å². The van der Waals surface area contributed by atoms with Gasteiger partial charge in [-0.05, 0) is 49.6 Å². The number of nitrogens with one attached hydrogen (secondary N) is 1. The van der Waals surface area contributed by atoms with Gasteiger partial charge in [-0.1, -0.05) is 55.1 Å². The van der Waals surface area contributed by atoms with Crippen molar-refractivity contribution in [2.24, 2.45) is 0 Å². The molecule has 0 saturated heterocycles. The van der Waals surface area contributed by atoms with Gasteiger partial charge in [-0.25, -0.2) is 8.70 Å². The smallest absolute Gasteiger partial charge is 0.304 e. The maximum absolute atomic E-state index is 14.7. The lowest BCUT2D eigenvalue weighted by Gasteiger charge is -2.34. The second-order valence-corrected chi connectivity index (χ2v) is 11.9. The van der Waals surface area contributed by atoms with E-state index < -0.39 is 34.5 Å². The van der Waals surface area contributed by atoms with Crippen LogP contribution in [0, 0.1) is 5.82 Å². The van der Waals surface area contributed by atoms with Crippen molar-refractivity contribution in [3.63, 3.8) is 0 Å². The number of benzene rings is 2. The zero-order chi connectivity index (χ0) is 27.2. The third-order valence-corrected chi connectivity index (χ3v) is 8.54. The summed E-state index contributed by atoms with van der Waals surface area (Å²) in [6.07, 6.45) is 4.95. The first-order valence-electron chi connectivity index (χ1n) is 12.3. The second kappa shape index (κ2) is 12.7. The maximum Gasteiger partial charge on any atom is 0.304 e. The molecular formula is C26H34ClFN4O4S. The molecule has 3 rings (SSSR count). The molecule has 202 valence electrons. The van der Waals surface area contributed by atoms with Crippen LogP contribution >= 0.6 is 11.6 Å². The Morgan fingerprint density at radius 3 is 2.38 bits per heavy atom. The number of carbonyl (C=O) groups excluding carboxylic acids is 2. The van der Waals surface area contributed by atoms with Gasteiger partial charge in [0.25, 0.3) is 0 Å². The predicted octanol–water partition coefficient (Wildman–Crippen LogP) is 3.96. The first kappa shape index (κ1) is 28.9. The molecular weight excluding hydrogens is 519 g/mol. The molecule has 0 aromatic heterocycles. The van der Waals surface area contributed by atoms with Crippen molar-refractivity contribution in [2.45, 2.75) is 57.7 Å². The predicted molar refractivity (Wildman–Crippen MR) is 143 cm³/mol. The van der Waals surface area contributed by atoms with Crippen LogP contribution in [0.3, 0.4) is 0 Å². The standard InChI is InChI=1S/C26H34ClFN4O4S/c1-19(26(34)29-22-12-5-4-6-13-22)31(17-20-10-9-11-21(27)16-20)25(33)18-32(37(35,36)30(2)3)24-15-8-7-14-23(24)28/h7-11,14-16,19,22H,4-6,12-13,17-18H2,1-3H3,(H,29,34)/t19-/m1/s1. The molecule has 1 aliphatic carbocycles. The molecule has 0 unspecified atom stereocenters. The number of halogens is 2. The number of para-hydroxylation sites is 1. The third kappa shape index (κ3) is 7.43. The number of hydrogen-bond acceptors (Lipinski definition) is 4. The summed E-state index contributed by atoms with van der Waals surface area (Å²) in [5, 5.41) is 3.50. The van der Waals surface area contributed by atoms with Crippen LogP contribution in [-0.4, -0.2) is 62.2 Å². The van der Waals surface area contributed by atoms with E-state index in [0.29, 0.717) is 10.6 Å². The first-order chi connectivity index (χ1) is 17.5. The van der Waals surface area contributed by atoms with Crippen molar-refractivity contribution in [3.8, 4) is 0 Å². The number of nitrogens with zero attached hydrogens (tertiary/aromatic N) is 3. The molecule has 2 amide bonds. The Morgan fingerprint density at radius 2 is 1.76 bits per heavy atom. The van der Waals surface area contributed by atoms with Crippen LogP contribution in [0.25, 0.3) is 0 Å². The van der Waals surface area contributed by atoms with Crippen LogP contribution in [0.15, 0.2) is 48.5 Å². The average molecular weight is 553 g/mol. The lowest BCUT2D eigenvalue weighted by molar-refractivity contribution is -0.139. The summed E-state index contributed by atoms with van der Waals surface area (Å²) in [6.45, 7) is 0.934. The van der Waals surface area contributed by atoms with Gasteiger partial charge in [-0.3, -0.25) is 9.59 Å². The van der Waals surface area contributed by atoms with Crippen LogP contribution in [0.4, 0.5) is 10.1 Å². The molecule has 1 N–H and O–H groups in total. The minimum absolute atomic E-state index is 0.0196. The number of amides is 2. The molecule has 0 bridgehead atoms. The van der Waals surface area contributed by atoms with Crippen LogP contribution in [-0.2, 0) is 26.3 Å². The van der Waals surface area contributed by atoms with Crippen molar-refractivity contribution in [1.29, 1.82) is 0 Å². The minimum atomic E-state index is -4.23. The fourth-order valence-corrected chi connectivity index (χ4v) is 5.62. The van der Waals surface area contributed by atoms with E-state index in [0.717, 1.165) is 46.8 Å². The van der Waals surface area contributed by atoms with E-state index >= 15 is 0 Å². The van der Waals surface area contributed by atoms with Crippen molar-refractivity contribution < 1.29 is 22.4 Å². The van der Waals surface area contributed by atoms with Crippen molar-refractivity contribution in [2.75, 3.05) is 24.9 Å². The summed E-state index contributed by atoms with van der Waals surface area (Å²) in [7, 11) is -1.63. The lowest BCUT2D eigenvalue weighted by atomic mass is 9.95. The largest absolute Gasteiger partial charge is 0.352 e. The quantitative estimate of drug-likeness (QED) is 0.483. The summed E-state index contributed by atoms with van der Waals surface area (Å²) >= 11 is 6.14. The fraction of sp³-hybridized carbons (Fsp3) is 0.462. The average Bonchev–Trinajstić information content (AvgIpc) is 2.86. The number of hydrogen-bond donors (Lipinski definition) is 1. The second-order valence-electron chi connectivity index (χ2n) is 9.42. The van der Waals surface area contributed by atoms with E-state index in [4.69, 9.17) is 11.6 Å². The monoisotopic (exact) mass is 552 g/mol. The van der Waals surface area contributed by atoms with E-state index in [1.807, 2.05) is 0 Å². The van der Waals surface area contributed by atoms with Gasteiger partial charge >= 0.3 is 10.2 Å². The Kier molecular flexibility index (Phi) is 9.92. The van der Waals surface area contributed by atoms with Crippen LogP contribution in [0.5, 0.6) is 0 Å². The number of carbonyl (C=O) groups is 2. The van der Waals surface area contributed by atoms with E-state index in [-0.39, 0.29) is 24.2 Å². The van der Waals surface area contributed by atoms with Crippen molar-refractivity contribution in [1.82, 2.24) is 14.5 Å². The third-order valence-electron chi connectivity index (χ3n) is 6.50. The summed E-state index contributed by atoms with van der Waals surface area (Å²) < 4.78 is 42.6. The maximum atomic E-state index is 14.7. The zero-order valence-corrected chi connectivity index (χ0v) is 22.9. The molecule has 2 aromatic carbocycles. The van der Waals surface area contributed by atoms with E-state index in [1.54, 1.807) is 31.2 Å². The summed E-state index contributed by atoms with van der Waals surface area (Å²) in [4.78, 5) is 28.2. The molecule has 1 fully saturated rings. The van der Waals surface area contributed by atoms with Gasteiger partial charge in [0.1, 0.15) is 18.4 Å². The number of rotatable bonds is 10. The summed E-state index contributed by atoms with van der Waals surface area (Å²) in [5.74, 6) is -1.76. The van der Waals surface area contributed by atoms with E-state index in [9.17, 15) is 22.4 Å². The van der Waals surface area contributed by atoms with Crippen LogP contribution in [0.1, 0.15) is 44.6 Å². The molecule has 11 heteroatoms. The fourth-order valence-electron chi connectivity index (χ4n) is 4.34. The highest BCUT2D eigenvalue weighted by molar-refractivity contribution is 7.90. The molecule has 0 heterocycles. The highest BCUT2D eigenvalue weighted by Gasteiger charge is 2.34. The van der Waals surface area contributed by atoms with Crippen LogP contribution in [0.2, 0.25) is 5.02 Å². The van der Waals surface area contributed by atoms with Crippen molar-refractivity contribution in [3.05, 3.63) is 64.9 Å². The molecule has 8 nitrogen and oxygen atoms in total. The van der Waals surface area contributed by atoms with Gasteiger partial charge < -0.3 is 10.2 Å². The first-order valence-corrected chi connectivity index (χ1v) is 14.1.